The van der Waals surface area contributed by atoms with Crippen molar-refractivity contribution in [2.75, 3.05) is 26.8 Å². The average Bonchev–Trinajstić information content (AvgIpc) is 2.65. The number of thiazole rings is 1. The zero-order valence-corrected chi connectivity index (χ0v) is 11.2. The second-order valence-electron chi connectivity index (χ2n) is 3.31. The summed E-state index contributed by atoms with van der Waals surface area (Å²) in [7, 11) is 1.67. The maximum absolute atomic E-state index is 5.09. The SMILES string of the molecule is COCCNC(=S)NCCc1nc(C)cs1. The number of hydrogen-bond donors (Lipinski definition) is 2. The van der Waals surface area contributed by atoms with E-state index in [-0.39, 0.29) is 0 Å². The largest absolute Gasteiger partial charge is 0.383 e. The molecule has 0 spiro atoms. The molecule has 4 nitrogen and oxygen atoms in total. The molecule has 1 aromatic rings. The van der Waals surface area contributed by atoms with Gasteiger partial charge in [0.05, 0.1) is 11.6 Å². The van der Waals surface area contributed by atoms with Crippen molar-refractivity contribution < 1.29 is 4.74 Å². The van der Waals surface area contributed by atoms with Crippen LogP contribution in [-0.4, -0.2) is 36.9 Å². The van der Waals surface area contributed by atoms with Crippen LogP contribution in [0.3, 0.4) is 0 Å². The summed E-state index contributed by atoms with van der Waals surface area (Å²) >= 11 is 6.78. The van der Waals surface area contributed by atoms with Crippen molar-refractivity contribution >= 4 is 28.7 Å². The number of nitrogens with one attached hydrogen (secondary N) is 2. The van der Waals surface area contributed by atoms with Gasteiger partial charge in [0.25, 0.3) is 0 Å². The molecule has 6 heteroatoms. The Kier molecular flexibility index (Phi) is 6.29. The molecule has 0 unspecified atom stereocenters. The molecule has 0 saturated heterocycles. The Labute approximate surface area is 105 Å². The molecule has 0 radical (unpaired) electrons. The molecular formula is C10H17N3OS2. The van der Waals surface area contributed by atoms with Gasteiger partial charge in [-0.3, -0.25) is 0 Å². The van der Waals surface area contributed by atoms with Gasteiger partial charge >= 0.3 is 0 Å². The molecule has 0 aliphatic heterocycles. The Balaban J connectivity index is 2.08. The minimum absolute atomic E-state index is 0.660. The first-order chi connectivity index (χ1) is 7.72. The summed E-state index contributed by atoms with van der Waals surface area (Å²) in [6.45, 7) is 4.21. The molecule has 1 heterocycles. The lowest BCUT2D eigenvalue weighted by molar-refractivity contribution is 0.204. The molecule has 90 valence electrons. The fraction of sp³-hybridized carbons (Fsp3) is 0.600. The molecule has 16 heavy (non-hydrogen) atoms. The van der Waals surface area contributed by atoms with Crippen molar-refractivity contribution in [2.24, 2.45) is 0 Å². The number of ether oxygens (including phenoxy) is 1. The molecule has 1 aromatic heterocycles. The molecule has 0 fully saturated rings. The average molecular weight is 259 g/mol. The van der Waals surface area contributed by atoms with Gasteiger partial charge in [0.15, 0.2) is 5.11 Å². The zero-order valence-electron chi connectivity index (χ0n) is 9.58. The minimum atomic E-state index is 0.660. The number of rotatable bonds is 6. The van der Waals surface area contributed by atoms with Crippen molar-refractivity contribution in [3.05, 3.63) is 16.1 Å². The summed E-state index contributed by atoms with van der Waals surface area (Å²) in [6.07, 6.45) is 0.907. The Morgan fingerprint density at radius 1 is 1.50 bits per heavy atom. The van der Waals surface area contributed by atoms with Gasteiger partial charge in [-0.1, -0.05) is 0 Å². The molecule has 1 rings (SSSR count). The van der Waals surface area contributed by atoms with E-state index >= 15 is 0 Å². The van der Waals surface area contributed by atoms with Crippen LogP contribution in [0.2, 0.25) is 0 Å². The lowest BCUT2D eigenvalue weighted by Gasteiger charge is -2.08. The lowest BCUT2D eigenvalue weighted by Crippen LogP contribution is -2.37. The quantitative estimate of drug-likeness (QED) is 0.592. The highest BCUT2D eigenvalue weighted by Crippen LogP contribution is 2.08. The van der Waals surface area contributed by atoms with E-state index in [4.69, 9.17) is 17.0 Å². The molecule has 0 bridgehead atoms. The first kappa shape index (κ1) is 13.3. The standard InChI is InChI=1S/C10H17N3OS2/c1-8-7-16-9(13-8)3-4-11-10(15)12-5-6-14-2/h7H,3-6H2,1-2H3,(H2,11,12,15). The van der Waals surface area contributed by atoms with Gasteiger partial charge < -0.3 is 15.4 Å². The van der Waals surface area contributed by atoms with Crippen LogP contribution in [0.1, 0.15) is 10.7 Å². The van der Waals surface area contributed by atoms with E-state index in [1.54, 1.807) is 18.4 Å². The Morgan fingerprint density at radius 2 is 2.25 bits per heavy atom. The number of nitrogens with zero attached hydrogens (tertiary/aromatic N) is 1. The van der Waals surface area contributed by atoms with E-state index < -0.39 is 0 Å². The van der Waals surface area contributed by atoms with E-state index in [9.17, 15) is 0 Å². The molecule has 0 aliphatic rings. The summed E-state index contributed by atoms with van der Waals surface area (Å²) in [6, 6.07) is 0. The van der Waals surface area contributed by atoms with Gasteiger partial charge in [-0.05, 0) is 19.1 Å². The first-order valence-electron chi connectivity index (χ1n) is 5.14. The second kappa shape index (κ2) is 7.54. The molecule has 2 N–H and O–H groups in total. The van der Waals surface area contributed by atoms with Crippen LogP contribution in [0.15, 0.2) is 5.38 Å². The molecule has 0 atom stereocenters. The maximum Gasteiger partial charge on any atom is 0.166 e. The topological polar surface area (TPSA) is 46.2 Å². The predicted molar refractivity (Wildman–Crippen MR) is 71.0 cm³/mol. The van der Waals surface area contributed by atoms with E-state index in [0.29, 0.717) is 11.7 Å². The normalized spacial score (nSPS) is 10.1. The van der Waals surface area contributed by atoms with Gasteiger partial charge in [0, 0.05) is 37.7 Å². The zero-order chi connectivity index (χ0) is 11.8. The third kappa shape index (κ3) is 5.39. The Hall–Kier alpha value is -0.720. The third-order valence-corrected chi connectivity index (χ3v) is 3.20. The predicted octanol–water partition coefficient (Wildman–Crippen LogP) is 1.10. The molecule has 0 aliphatic carbocycles. The fourth-order valence-electron chi connectivity index (χ4n) is 1.13. The van der Waals surface area contributed by atoms with Crippen molar-refractivity contribution in [3.63, 3.8) is 0 Å². The summed E-state index contributed by atoms with van der Waals surface area (Å²) in [5.41, 5.74) is 1.08. The number of hydrogen-bond acceptors (Lipinski definition) is 4. The summed E-state index contributed by atoms with van der Waals surface area (Å²) in [5.74, 6) is 0. The van der Waals surface area contributed by atoms with Crippen LogP contribution >= 0.6 is 23.6 Å². The maximum atomic E-state index is 5.09. The van der Waals surface area contributed by atoms with Gasteiger partial charge in [-0.15, -0.1) is 11.3 Å². The Bertz CT molecular complexity index is 328. The van der Waals surface area contributed by atoms with Gasteiger partial charge in [-0.25, -0.2) is 4.98 Å². The number of aromatic nitrogens is 1. The van der Waals surface area contributed by atoms with Crippen molar-refractivity contribution in [3.8, 4) is 0 Å². The van der Waals surface area contributed by atoms with Crippen LogP contribution in [-0.2, 0) is 11.2 Å². The Morgan fingerprint density at radius 3 is 2.88 bits per heavy atom. The van der Waals surface area contributed by atoms with Crippen LogP contribution in [0, 0.1) is 6.92 Å². The number of thiocarbonyl (C=S) groups is 1. The van der Waals surface area contributed by atoms with Gasteiger partial charge in [-0.2, -0.15) is 0 Å². The highest BCUT2D eigenvalue weighted by Gasteiger charge is 1.99. The fourth-order valence-corrected chi connectivity index (χ4v) is 2.11. The van der Waals surface area contributed by atoms with Crippen LogP contribution in [0.5, 0.6) is 0 Å². The van der Waals surface area contributed by atoms with E-state index in [2.05, 4.69) is 21.0 Å². The van der Waals surface area contributed by atoms with Crippen molar-refractivity contribution in [2.45, 2.75) is 13.3 Å². The molecule has 0 amide bonds. The van der Waals surface area contributed by atoms with E-state index in [0.717, 1.165) is 30.2 Å². The van der Waals surface area contributed by atoms with Crippen LogP contribution in [0.25, 0.3) is 0 Å². The van der Waals surface area contributed by atoms with Gasteiger partial charge in [0.1, 0.15) is 0 Å². The summed E-state index contributed by atoms with van der Waals surface area (Å²) in [5, 5.41) is 10.1. The lowest BCUT2D eigenvalue weighted by atomic mass is 10.4. The monoisotopic (exact) mass is 259 g/mol. The van der Waals surface area contributed by atoms with Gasteiger partial charge in [0.2, 0.25) is 0 Å². The van der Waals surface area contributed by atoms with Crippen molar-refractivity contribution in [1.82, 2.24) is 15.6 Å². The second-order valence-corrected chi connectivity index (χ2v) is 4.66. The molecule has 0 aromatic carbocycles. The van der Waals surface area contributed by atoms with Crippen LogP contribution in [0.4, 0.5) is 0 Å². The van der Waals surface area contributed by atoms with E-state index in [1.807, 2.05) is 6.92 Å². The highest BCUT2D eigenvalue weighted by atomic mass is 32.1. The summed E-state index contributed by atoms with van der Waals surface area (Å²) in [4.78, 5) is 4.38. The molecule has 0 saturated carbocycles. The minimum Gasteiger partial charge on any atom is -0.383 e. The van der Waals surface area contributed by atoms with Crippen LogP contribution < -0.4 is 10.6 Å². The van der Waals surface area contributed by atoms with E-state index in [1.165, 1.54) is 0 Å². The number of aryl methyl sites for hydroxylation is 1. The highest BCUT2D eigenvalue weighted by molar-refractivity contribution is 7.80. The summed E-state index contributed by atoms with van der Waals surface area (Å²) < 4.78 is 4.91. The molecular weight excluding hydrogens is 242 g/mol. The van der Waals surface area contributed by atoms with Crippen molar-refractivity contribution in [1.29, 1.82) is 0 Å². The third-order valence-electron chi connectivity index (χ3n) is 1.88. The smallest absolute Gasteiger partial charge is 0.166 e. The number of methoxy groups -OCH3 is 1. The first-order valence-corrected chi connectivity index (χ1v) is 6.43.